The standard InChI is InChI=1S/C20H35NO3/c1-18(2,16-10-6-4-7-11-16)23-15-21-17(22)24-19(3)14-20(19)12-8-5-9-13-20/h16H,4-15H2,1-3H3,(H,21,22). The van der Waals surface area contributed by atoms with Gasteiger partial charge in [0.25, 0.3) is 0 Å². The first-order valence-corrected chi connectivity index (χ1v) is 9.98. The summed E-state index contributed by atoms with van der Waals surface area (Å²) in [7, 11) is 0. The van der Waals surface area contributed by atoms with E-state index in [-0.39, 0.29) is 29.4 Å². The van der Waals surface area contributed by atoms with E-state index in [0.717, 1.165) is 6.42 Å². The lowest BCUT2D eigenvalue weighted by Crippen LogP contribution is -2.41. The first-order valence-electron chi connectivity index (χ1n) is 9.98. The number of rotatable bonds is 5. The summed E-state index contributed by atoms with van der Waals surface area (Å²) < 4.78 is 11.8. The van der Waals surface area contributed by atoms with Crippen molar-refractivity contribution < 1.29 is 14.3 Å². The molecule has 24 heavy (non-hydrogen) atoms. The van der Waals surface area contributed by atoms with Crippen LogP contribution < -0.4 is 5.32 Å². The van der Waals surface area contributed by atoms with Crippen LogP contribution in [-0.2, 0) is 9.47 Å². The number of hydrogen-bond acceptors (Lipinski definition) is 3. The SMILES string of the molecule is CC(C)(OCNC(=O)OC1(C)CC12CCCCC2)C1CCCCC1. The van der Waals surface area contributed by atoms with Gasteiger partial charge in [-0.25, -0.2) is 4.79 Å². The van der Waals surface area contributed by atoms with Crippen LogP contribution in [0.5, 0.6) is 0 Å². The summed E-state index contributed by atoms with van der Waals surface area (Å²) in [6, 6.07) is 0. The molecule has 0 bridgehead atoms. The molecular weight excluding hydrogens is 302 g/mol. The number of amides is 1. The molecule has 0 aliphatic heterocycles. The van der Waals surface area contributed by atoms with Crippen LogP contribution >= 0.6 is 0 Å². The van der Waals surface area contributed by atoms with Crippen LogP contribution in [0.1, 0.15) is 91.4 Å². The second-order valence-electron chi connectivity index (χ2n) is 9.04. The molecule has 3 rings (SSSR count). The van der Waals surface area contributed by atoms with E-state index in [9.17, 15) is 4.79 Å². The summed E-state index contributed by atoms with van der Waals surface area (Å²) in [6.45, 7) is 6.64. The van der Waals surface area contributed by atoms with Crippen molar-refractivity contribution in [3.05, 3.63) is 0 Å². The molecule has 0 aromatic heterocycles. The zero-order chi connectivity index (χ0) is 17.3. The van der Waals surface area contributed by atoms with Gasteiger partial charge in [-0.05, 0) is 58.8 Å². The van der Waals surface area contributed by atoms with Gasteiger partial charge in [-0.15, -0.1) is 0 Å². The first-order chi connectivity index (χ1) is 11.4. The quantitative estimate of drug-likeness (QED) is 0.705. The Bertz CT molecular complexity index is 450. The van der Waals surface area contributed by atoms with Gasteiger partial charge in [0, 0.05) is 5.41 Å². The Kier molecular flexibility index (Phi) is 5.15. The van der Waals surface area contributed by atoms with Crippen molar-refractivity contribution in [3.63, 3.8) is 0 Å². The summed E-state index contributed by atoms with van der Waals surface area (Å²) in [5.74, 6) is 0.593. The molecule has 1 spiro atoms. The highest BCUT2D eigenvalue weighted by atomic mass is 16.6. The Morgan fingerprint density at radius 1 is 1.08 bits per heavy atom. The zero-order valence-corrected chi connectivity index (χ0v) is 15.8. The molecule has 4 heteroatoms. The predicted octanol–water partition coefficient (Wildman–Crippen LogP) is 5.16. The smallest absolute Gasteiger partial charge is 0.409 e. The van der Waals surface area contributed by atoms with Gasteiger partial charge in [0.2, 0.25) is 0 Å². The highest BCUT2D eigenvalue weighted by Gasteiger charge is 2.66. The molecule has 3 aliphatic rings. The lowest BCUT2D eigenvalue weighted by molar-refractivity contribution is -0.0771. The fraction of sp³-hybridized carbons (Fsp3) is 0.950. The Morgan fingerprint density at radius 3 is 2.38 bits per heavy atom. The lowest BCUT2D eigenvalue weighted by Gasteiger charge is -2.36. The number of carbonyl (C=O) groups is 1. The molecule has 0 aromatic carbocycles. The molecule has 3 aliphatic carbocycles. The molecule has 3 fully saturated rings. The van der Waals surface area contributed by atoms with E-state index < -0.39 is 0 Å². The molecule has 1 N–H and O–H groups in total. The second-order valence-corrected chi connectivity index (χ2v) is 9.04. The molecule has 3 saturated carbocycles. The fourth-order valence-corrected chi connectivity index (χ4v) is 5.12. The molecule has 1 atom stereocenters. The van der Waals surface area contributed by atoms with Crippen molar-refractivity contribution in [2.45, 2.75) is 103 Å². The third-order valence-electron chi connectivity index (χ3n) is 7.05. The maximum atomic E-state index is 12.2. The van der Waals surface area contributed by atoms with Crippen LogP contribution in [-0.4, -0.2) is 24.0 Å². The van der Waals surface area contributed by atoms with E-state index in [1.54, 1.807) is 0 Å². The normalized spacial score (nSPS) is 30.1. The Morgan fingerprint density at radius 2 is 1.71 bits per heavy atom. The number of hydrogen-bond donors (Lipinski definition) is 1. The van der Waals surface area contributed by atoms with Gasteiger partial charge in [-0.2, -0.15) is 0 Å². The monoisotopic (exact) mass is 337 g/mol. The summed E-state index contributed by atoms with van der Waals surface area (Å²) in [5, 5.41) is 2.81. The fourth-order valence-electron chi connectivity index (χ4n) is 5.12. The van der Waals surface area contributed by atoms with E-state index in [1.165, 1.54) is 64.2 Å². The van der Waals surface area contributed by atoms with Gasteiger partial charge >= 0.3 is 6.09 Å². The van der Waals surface area contributed by atoms with Gasteiger partial charge < -0.3 is 9.47 Å². The predicted molar refractivity (Wildman–Crippen MR) is 94.8 cm³/mol. The third kappa shape index (κ3) is 3.74. The summed E-state index contributed by atoms with van der Waals surface area (Å²) in [4.78, 5) is 12.2. The summed E-state index contributed by atoms with van der Waals surface area (Å²) >= 11 is 0. The molecule has 4 nitrogen and oxygen atoms in total. The first kappa shape index (κ1) is 18.0. The molecule has 138 valence electrons. The van der Waals surface area contributed by atoms with Crippen LogP contribution in [0, 0.1) is 11.3 Å². The minimum atomic E-state index is -0.320. The minimum absolute atomic E-state index is 0.179. The number of alkyl carbamates (subject to hydrolysis) is 1. The van der Waals surface area contributed by atoms with Crippen LogP contribution in [0.4, 0.5) is 4.79 Å². The van der Waals surface area contributed by atoms with Crippen molar-refractivity contribution in [2.75, 3.05) is 6.73 Å². The highest BCUT2D eigenvalue weighted by Crippen LogP contribution is 2.66. The molecular formula is C20H35NO3. The number of carbonyl (C=O) groups excluding carboxylic acids is 1. The van der Waals surface area contributed by atoms with Gasteiger partial charge in [0.1, 0.15) is 12.3 Å². The maximum absolute atomic E-state index is 12.2. The zero-order valence-electron chi connectivity index (χ0n) is 15.8. The average Bonchev–Trinajstić information content (AvgIpc) is 3.10. The van der Waals surface area contributed by atoms with E-state index in [2.05, 4.69) is 26.1 Å². The van der Waals surface area contributed by atoms with Crippen molar-refractivity contribution in [3.8, 4) is 0 Å². The Hall–Kier alpha value is -0.770. The Labute approximate surface area is 147 Å². The van der Waals surface area contributed by atoms with Crippen molar-refractivity contribution >= 4 is 6.09 Å². The maximum Gasteiger partial charge on any atom is 0.409 e. The lowest BCUT2D eigenvalue weighted by atomic mass is 9.79. The second kappa shape index (κ2) is 6.86. The Balaban J connectivity index is 1.40. The number of nitrogens with one attached hydrogen (secondary N) is 1. The van der Waals surface area contributed by atoms with Gasteiger partial charge in [0.05, 0.1) is 5.60 Å². The summed E-state index contributed by atoms with van der Waals surface area (Å²) in [6.07, 6.45) is 13.4. The van der Waals surface area contributed by atoms with Crippen LogP contribution in [0.3, 0.4) is 0 Å². The molecule has 0 aromatic rings. The van der Waals surface area contributed by atoms with Gasteiger partial charge in [-0.3, -0.25) is 5.32 Å². The van der Waals surface area contributed by atoms with Crippen molar-refractivity contribution in [1.82, 2.24) is 5.32 Å². The molecule has 0 radical (unpaired) electrons. The van der Waals surface area contributed by atoms with Crippen LogP contribution in [0.25, 0.3) is 0 Å². The molecule has 0 saturated heterocycles. The largest absolute Gasteiger partial charge is 0.443 e. The highest BCUT2D eigenvalue weighted by molar-refractivity contribution is 5.68. The summed E-state index contributed by atoms with van der Waals surface area (Å²) in [5.41, 5.74) is -0.164. The van der Waals surface area contributed by atoms with Crippen LogP contribution in [0.2, 0.25) is 0 Å². The molecule has 1 amide bonds. The van der Waals surface area contributed by atoms with E-state index in [0.29, 0.717) is 5.92 Å². The number of ether oxygens (including phenoxy) is 2. The van der Waals surface area contributed by atoms with Crippen molar-refractivity contribution in [2.24, 2.45) is 11.3 Å². The third-order valence-corrected chi connectivity index (χ3v) is 7.05. The van der Waals surface area contributed by atoms with E-state index >= 15 is 0 Å². The van der Waals surface area contributed by atoms with Gasteiger partial charge in [0.15, 0.2) is 0 Å². The van der Waals surface area contributed by atoms with E-state index in [4.69, 9.17) is 9.47 Å². The topological polar surface area (TPSA) is 47.6 Å². The van der Waals surface area contributed by atoms with Gasteiger partial charge in [-0.1, -0.05) is 38.5 Å². The van der Waals surface area contributed by atoms with Crippen LogP contribution in [0.15, 0.2) is 0 Å². The molecule has 0 heterocycles. The average molecular weight is 338 g/mol. The molecule has 1 unspecified atom stereocenters. The van der Waals surface area contributed by atoms with E-state index in [1.807, 2.05) is 0 Å². The van der Waals surface area contributed by atoms with Crippen molar-refractivity contribution in [1.29, 1.82) is 0 Å². The minimum Gasteiger partial charge on any atom is -0.443 e.